The molecular formula is C27H25O11P3. The van der Waals surface area contributed by atoms with Crippen molar-refractivity contribution < 1.29 is 50.7 Å². The minimum absolute atomic E-state index is 0.290. The van der Waals surface area contributed by atoms with Gasteiger partial charge in [0, 0.05) is 12.2 Å². The summed E-state index contributed by atoms with van der Waals surface area (Å²) in [5, 5.41) is 0. The van der Waals surface area contributed by atoms with E-state index < -0.39 is 40.5 Å². The molecule has 0 N–H and O–H groups in total. The number of fused-ring (bicyclic) bond motifs is 2. The Bertz CT molecular complexity index is 1600. The molecule has 3 heterocycles. The van der Waals surface area contributed by atoms with Crippen LogP contribution in [0.3, 0.4) is 0 Å². The zero-order valence-corrected chi connectivity index (χ0v) is 24.8. The van der Waals surface area contributed by atoms with Crippen molar-refractivity contribution in [1.82, 2.24) is 0 Å². The predicted octanol–water partition coefficient (Wildman–Crippen LogP) is 6.75. The molecular weight excluding hydrogens is 593 g/mol. The van der Waals surface area contributed by atoms with Crippen LogP contribution in [0.1, 0.15) is 31.8 Å². The van der Waals surface area contributed by atoms with Gasteiger partial charge in [0.1, 0.15) is 17.1 Å². The highest BCUT2D eigenvalue weighted by Gasteiger charge is 2.33. The molecule has 41 heavy (non-hydrogen) atoms. The highest BCUT2D eigenvalue weighted by Crippen LogP contribution is 2.52. The number of hydrogen-bond acceptors (Lipinski definition) is 11. The van der Waals surface area contributed by atoms with Gasteiger partial charge in [-0.15, -0.1) is 0 Å². The molecule has 0 spiro atoms. The van der Waals surface area contributed by atoms with E-state index in [1.54, 1.807) is 60.7 Å². The molecule has 6 rings (SSSR count). The van der Waals surface area contributed by atoms with E-state index in [1.165, 1.54) is 26.1 Å². The lowest BCUT2D eigenvalue weighted by atomic mass is 10.1. The van der Waals surface area contributed by atoms with Crippen LogP contribution in [0.2, 0.25) is 0 Å². The molecule has 0 radical (unpaired) electrons. The summed E-state index contributed by atoms with van der Waals surface area (Å²) in [5.41, 5.74) is 2.38. The smallest absolute Gasteiger partial charge is 0.415 e. The highest BCUT2D eigenvalue weighted by atomic mass is 31.2. The third-order valence-electron chi connectivity index (χ3n) is 5.42. The average Bonchev–Trinajstić information content (AvgIpc) is 2.87. The summed E-state index contributed by atoms with van der Waals surface area (Å²) in [5.74, 6) is -1.08. The SMILES string of the molecule is CP1(=O)Cc2ccccc2C(=O)O1.CP1(=O)OC(=O)C=C(c2ccccc2)O1.CP1(=O)OC(=O)c2ccccc2O1. The Morgan fingerprint density at radius 2 is 1.15 bits per heavy atom. The maximum absolute atomic E-state index is 11.6. The van der Waals surface area contributed by atoms with Gasteiger partial charge in [-0.05, 0) is 23.8 Å². The molecule has 3 aromatic carbocycles. The van der Waals surface area contributed by atoms with Crippen molar-refractivity contribution in [1.29, 1.82) is 0 Å². The molecule has 0 saturated carbocycles. The number of hydrogen-bond donors (Lipinski definition) is 0. The van der Waals surface area contributed by atoms with Crippen molar-refractivity contribution in [2.24, 2.45) is 0 Å². The molecule has 3 unspecified atom stereocenters. The molecule has 0 aromatic heterocycles. The molecule has 3 aromatic rings. The molecule has 0 bridgehead atoms. The van der Waals surface area contributed by atoms with Crippen LogP contribution in [0.5, 0.6) is 5.75 Å². The maximum atomic E-state index is 11.6. The number of rotatable bonds is 1. The van der Waals surface area contributed by atoms with Crippen LogP contribution in [-0.4, -0.2) is 37.9 Å². The average molecular weight is 618 g/mol. The van der Waals surface area contributed by atoms with Crippen molar-refractivity contribution in [3.8, 4) is 5.75 Å². The summed E-state index contributed by atoms with van der Waals surface area (Å²) in [6.45, 7) is 4.02. The van der Waals surface area contributed by atoms with Gasteiger partial charge in [0.15, 0.2) is 0 Å². The Labute approximate surface area is 235 Å². The number of para-hydroxylation sites is 1. The third-order valence-corrected chi connectivity index (χ3v) is 8.95. The van der Waals surface area contributed by atoms with E-state index in [1.807, 2.05) is 18.2 Å². The quantitative estimate of drug-likeness (QED) is 0.267. The van der Waals surface area contributed by atoms with Crippen LogP contribution in [0, 0.1) is 0 Å². The van der Waals surface area contributed by atoms with E-state index >= 15 is 0 Å². The van der Waals surface area contributed by atoms with E-state index in [-0.39, 0.29) is 5.76 Å². The standard InChI is InChI=1S/C10H9O4P.C9H9O3P.C8H7O4P/c1-15(12)13-9(7-10(11)14-15)8-5-3-2-4-6-8;1-13(11)6-7-4-2-3-5-8(7)9(10)12-13;1-13(10)11-7-5-3-2-4-6(7)8(9)12-13/h2-7H,1H3;2-5H,6H2,1H3;2-5H,1H3. The maximum Gasteiger partial charge on any atom is 0.430 e. The fourth-order valence-electron chi connectivity index (χ4n) is 3.79. The van der Waals surface area contributed by atoms with Crippen molar-refractivity contribution in [2.75, 3.05) is 20.0 Å². The molecule has 14 heteroatoms. The summed E-state index contributed by atoms with van der Waals surface area (Å²) >= 11 is 0. The number of carbonyl (C=O) groups excluding carboxylic acids is 3. The first-order chi connectivity index (χ1) is 19.2. The van der Waals surface area contributed by atoms with Gasteiger partial charge >= 0.3 is 33.1 Å². The second-order valence-corrected chi connectivity index (χ2v) is 15.4. The Balaban J connectivity index is 0.000000142. The topological polar surface area (TPSA) is 149 Å². The van der Waals surface area contributed by atoms with Crippen LogP contribution < -0.4 is 4.52 Å². The Morgan fingerprint density at radius 3 is 1.83 bits per heavy atom. The highest BCUT2D eigenvalue weighted by molar-refractivity contribution is 7.58. The van der Waals surface area contributed by atoms with Crippen LogP contribution in [0.4, 0.5) is 0 Å². The summed E-state index contributed by atoms with van der Waals surface area (Å²) in [7, 11) is -9.23. The van der Waals surface area contributed by atoms with Gasteiger partial charge in [0.05, 0.1) is 31.1 Å². The Morgan fingerprint density at radius 1 is 0.585 bits per heavy atom. The zero-order chi connectivity index (χ0) is 29.8. The molecule has 3 aliphatic rings. The van der Waals surface area contributed by atoms with Gasteiger partial charge < -0.3 is 22.6 Å². The van der Waals surface area contributed by atoms with Crippen LogP contribution in [0.15, 0.2) is 84.9 Å². The van der Waals surface area contributed by atoms with Crippen molar-refractivity contribution in [3.63, 3.8) is 0 Å². The lowest BCUT2D eigenvalue weighted by Crippen LogP contribution is -2.13. The fraction of sp³-hybridized carbons (Fsp3) is 0.148. The Hall–Kier alpha value is -3.90. The Kier molecular flexibility index (Phi) is 8.74. The summed E-state index contributed by atoms with van der Waals surface area (Å²) in [6.07, 6.45) is 1.55. The first-order valence-corrected chi connectivity index (χ1v) is 18.2. The van der Waals surface area contributed by atoms with Gasteiger partial charge in [-0.25, -0.2) is 23.5 Å². The van der Waals surface area contributed by atoms with Gasteiger partial charge in [0.2, 0.25) is 0 Å². The normalized spacial score (nSPS) is 25.7. The molecule has 0 saturated heterocycles. The van der Waals surface area contributed by atoms with E-state index in [0.717, 1.165) is 5.56 Å². The van der Waals surface area contributed by atoms with Crippen LogP contribution in [-0.2, 0) is 42.7 Å². The number of carbonyl (C=O) groups is 3. The molecule has 214 valence electrons. The molecule has 11 nitrogen and oxygen atoms in total. The van der Waals surface area contributed by atoms with Crippen LogP contribution in [0.25, 0.3) is 5.76 Å². The minimum Gasteiger partial charge on any atom is -0.415 e. The second kappa shape index (κ2) is 11.9. The van der Waals surface area contributed by atoms with E-state index in [9.17, 15) is 28.1 Å². The first-order valence-electron chi connectivity index (χ1n) is 12.0. The lowest BCUT2D eigenvalue weighted by molar-refractivity contribution is -0.129. The van der Waals surface area contributed by atoms with E-state index in [0.29, 0.717) is 28.6 Å². The van der Waals surface area contributed by atoms with Gasteiger partial charge in [-0.2, -0.15) is 0 Å². The monoisotopic (exact) mass is 618 g/mol. The summed E-state index contributed by atoms with van der Waals surface area (Å²) in [4.78, 5) is 33.6. The molecule has 3 atom stereocenters. The van der Waals surface area contributed by atoms with Crippen molar-refractivity contribution >= 4 is 46.2 Å². The molecule has 0 aliphatic carbocycles. The zero-order valence-electron chi connectivity index (χ0n) is 22.1. The van der Waals surface area contributed by atoms with Crippen molar-refractivity contribution in [3.05, 3.63) is 107 Å². The largest absolute Gasteiger partial charge is 0.430 e. The molecule has 3 aliphatic heterocycles. The predicted molar refractivity (Wildman–Crippen MR) is 150 cm³/mol. The van der Waals surface area contributed by atoms with E-state index in [4.69, 9.17) is 13.6 Å². The van der Waals surface area contributed by atoms with Crippen LogP contribution >= 0.6 is 22.6 Å². The molecule has 0 fully saturated rings. The van der Waals surface area contributed by atoms with Gasteiger partial charge in [0.25, 0.3) is 7.37 Å². The lowest BCUT2D eigenvalue weighted by Gasteiger charge is -2.21. The van der Waals surface area contributed by atoms with Crippen molar-refractivity contribution in [2.45, 2.75) is 6.16 Å². The van der Waals surface area contributed by atoms with Gasteiger partial charge in [-0.3, -0.25) is 4.57 Å². The first kappa shape index (κ1) is 30.1. The number of benzene rings is 3. The third kappa shape index (κ3) is 8.08. The summed E-state index contributed by atoms with van der Waals surface area (Å²) in [6, 6.07) is 22.6. The molecule has 0 amide bonds. The van der Waals surface area contributed by atoms with E-state index in [2.05, 4.69) is 9.05 Å². The second-order valence-electron chi connectivity index (χ2n) is 9.09. The minimum atomic E-state index is -3.28. The summed E-state index contributed by atoms with van der Waals surface area (Å²) < 4.78 is 58.5. The van der Waals surface area contributed by atoms with Gasteiger partial charge in [-0.1, -0.05) is 60.7 Å². The fourth-order valence-corrected chi connectivity index (χ4v) is 7.09.